The van der Waals surface area contributed by atoms with Crippen molar-refractivity contribution in [1.29, 1.82) is 0 Å². The maximum Gasteiger partial charge on any atom is 0.120 e. The Kier molecular flexibility index (Phi) is 5.38. The molecule has 2 rings (SSSR count). The van der Waals surface area contributed by atoms with Crippen LogP contribution in [0, 0.1) is 0 Å². The van der Waals surface area contributed by atoms with Crippen molar-refractivity contribution in [2.75, 3.05) is 13.2 Å². The Labute approximate surface area is 127 Å². The van der Waals surface area contributed by atoms with Crippen LogP contribution in [-0.2, 0) is 0 Å². The molecule has 0 radical (unpaired) electrons. The lowest BCUT2D eigenvalue weighted by Crippen LogP contribution is -2.45. The molecule has 1 aliphatic rings. The molecule has 110 valence electrons. The molecule has 1 aromatic carbocycles. The van der Waals surface area contributed by atoms with Gasteiger partial charge in [-0.25, -0.2) is 0 Å². The molecule has 0 aromatic heterocycles. The van der Waals surface area contributed by atoms with Gasteiger partial charge in [0.2, 0.25) is 0 Å². The summed E-state index contributed by atoms with van der Waals surface area (Å²) in [6.07, 6.45) is 3.93. The summed E-state index contributed by atoms with van der Waals surface area (Å²) in [5.74, 6) is 0.840. The van der Waals surface area contributed by atoms with Gasteiger partial charge in [-0.1, -0.05) is 30.8 Å². The Morgan fingerprint density at radius 2 is 2.05 bits per heavy atom. The Hall–Kier alpha value is -1.13. The third-order valence-corrected chi connectivity index (χ3v) is 4.35. The van der Waals surface area contributed by atoms with Crippen LogP contribution in [-0.4, -0.2) is 35.1 Å². The van der Waals surface area contributed by atoms with Gasteiger partial charge in [-0.2, -0.15) is 0 Å². The molecular weight excluding hydrogens is 268 g/mol. The summed E-state index contributed by atoms with van der Waals surface area (Å²) in [5.41, 5.74) is 6.49. The molecule has 0 spiro atoms. The summed E-state index contributed by atoms with van der Waals surface area (Å²) in [4.78, 5) is 2.95. The number of ether oxygens (including phenoxy) is 1. The zero-order valence-electron chi connectivity index (χ0n) is 12.3. The van der Waals surface area contributed by atoms with Crippen molar-refractivity contribution in [3.05, 3.63) is 29.8 Å². The average molecular weight is 292 g/mol. The molecule has 20 heavy (non-hydrogen) atoms. The molecule has 0 aliphatic carbocycles. The second-order valence-electron chi connectivity index (χ2n) is 5.61. The van der Waals surface area contributed by atoms with Crippen LogP contribution in [0.4, 0.5) is 0 Å². The maximum atomic E-state index is 5.84. The monoisotopic (exact) mass is 292 g/mol. The van der Waals surface area contributed by atoms with E-state index in [2.05, 4.69) is 18.7 Å². The van der Waals surface area contributed by atoms with Gasteiger partial charge in [0.1, 0.15) is 17.3 Å². The normalized spacial score (nSPS) is 23.5. The highest BCUT2D eigenvalue weighted by atomic mass is 32.1. The van der Waals surface area contributed by atoms with Gasteiger partial charge in [-0.3, -0.25) is 4.90 Å². The van der Waals surface area contributed by atoms with Crippen molar-refractivity contribution in [1.82, 2.24) is 4.90 Å². The lowest BCUT2D eigenvalue weighted by molar-refractivity contribution is 0.0851. The first-order chi connectivity index (χ1) is 9.58. The largest absolute Gasteiger partial charge is 0.492 e. The van der Waals surface area contributed by atoms with E-state index in [1.165, 1.54) is 19.3 Å². The highest BCUT2D eigenvalue weighted by Gasteiger charge is 2.23. The summed E-state index contributed by atoms with van der Waals surface area (Å²) >= 11 is 4.98. The third-order valence-electron chi connectivity index (χ3n) is 4.11. The number of nitrogens with zero attached hydrogens (tertiary/aromatic N) is 1. The fourth-order valence-corrected chi connectivity index (χ4v) is 3.05. The minimum Gasteiger partial charge on any atom is -0.492 e. The number of hydrogen-bond acceptors (Lipinski definition) is 3. The highest BCUT2D eigenvalue weighted by Crippen LogP contribution is 2.22. The van der Waals surface area contributed by atoms with Crippen LogP contribution in [0.15, 0.2) is 24.3 Å². The molecule has 1 fully saturated rings. The van der Waals surface area contributed by atoms with Crippen molar-refractivity contribution in [3.63, 3.8) is 0 Å². The molecule has 1 heterocycles. The first-order valence-electron chi connectivity index (χ1n) is 7.36. The van der Waals surface area contributed by atoms with Crippen LogP contribution in [0.25, 0.3) is 0 Å². The van der Waals surface area contributed by atoms with Crippen molar-refractivity contribution in [2.45, 2.75) is 45.2 Å². The van der Waals surface area contributed by atoms with Crippen LogP contribution in [0.1, 0.15) is 38.7 Å². The SMILES string of the molecule is CC1CCCC(C)N1CCOc1cccc(C(N)=S)c1. The molecule has 1 aliphatic heterocycles. The zero-order valence-corrected chi connectivity index (χ0v) is 13.2. The molecule has 2 unspecified atom stereocenters. The van der Waals surface area contributed by atoms with E-state index in [0.29, 0.717) is 23.7 Å². The number of hydrogen-bond donors (Lipinski definition) is 1. The smallest absolute Gasteiger partial charge is 0.120 e. The zero-order chi connectivity index (χ0) is 14.5. The Morgan fingerprint density at radius 3 is 2.70 bits per heavy atom. The first kappa shape index (κ1) is 15.3. The fourth-order valence-electron chi connectivity index (χ4n) is 2.92. The lowest BCUT2D eigenvalue weighted by atomic mass is 9.98. The van der Waals surface area contributed by atoms with E-state index < -0.39 is 0 Å². The van der Waals surface area contributed by atoms with Gasteiger partial charge in [0.15, 0.2) is 0 Å². The van der Waals surface area contributed by atoms with E-state index in [0.717, 1.165) is 17.9 Å². The quantitative estimate of drug-likeness (QED) is 0.847. The minimum atomic E-state index is 0.411. The van der Waals surface area contributed by atoms with E-state index in [9.17, 15) is 0 Å². The topological polar surface area (TPSA) is 38.5 Å². The van der Waals surface area contributed by atoms with E-state index in [1.54, 1.807) is 0 Å². The van der Waals surface area contributed by atoms with Gasteiger partial charge in [-0.05, 0) is 38.8 Å². The number of piperidine rings is 1. The molecule has 4 heteroatoms. The molecule has 1 saturated heterocycles. The molecule has 2 atom stereocenters. The van der Waals surface area contributed by atoms with Gasteiger partial charge in [0.25, 0.3) is 0 Å². The van der Waals surface area contributed by atoms with Gasteiger partial charge in [-0.15, -0.1) is 0 Å². The second-order valence-corrected chi connectivity index (χ2v) is 6.05. The Bertz CT molecular complexity index is 454. The number of likely N-dealkylation sites (tertiary alicyclic amines) is 1. The molecule has 0 saturated carbocycles. The summed E-state index contributed by atoms with van der Waals surface area (Å²) < 4.78 is 5.84. The van der Waals surface area contributed by atoms with Crippen LogP contribution < -0.4 is 10.5 Å². The van der Waals surface area contributed by atoms with Gasteiger partial charge >= 0.3 is 0 Å². The van der Waals surface area contributed by atoms with Gasteiger partial charge in [0.05, 0.1) is 0 Å². The minimum absolute atomic E-state index is 0.411. The molecular formula is C16H24N2OS. The third kappa shape index (κ3) is 3.93. The molecule has 0 bridgehead atoms. The Balaban J connectivity index is 1.86. The predicted octanol–water partition coefficient (Wildman–Crippen LogP) is 2.96. The molecule has 1 aromatic rings. The summed E-state index contributed by atoms with van der Waals surface area (Å²) in [7, 11) is 0. The molecule has 3 nitrogen and oxygen atoms in total. The van der Waals surface area contributed by atoms with E-state index in [4.69, 9.17) is 22.7 Å². The number of nitrogens with two attached hydrogens (primary N) is 1. The van der Waals surface area contributed by atoms with Crippen LogP contribution in [0.3, 0.4) is 0 Å². The van der Waals surface area contributed by atoms with Crippen molar-refractivity contribution in [3.8, 4) is 5.75 Å². The van der Waals surface area contributed by atoms with Crippen molar-refractivity contribution >= 4 is 17.2 Å². The molecule has 0 amide bonds. The van der Waals surface area contributed by atoms with Gasteiger partial charge < -0.3 is 10.5 Å². The average Bonchev–Trinajstić information content (AvgIpc) is 2.42. The summed E-state index contributed by atoms with van der Waals surface area (Å²) in [6, 6.07) is 9.01. The van der Waals surface area contributed by atoms with Crippen LogP contribution in [0.2, 0.25) is 0 Å². The van der Waals surface area contributed by atoms with Crippen LogP contribution >= 0.6 is 12.2 Å². The molecule has 2 N–H and O–H groups in total. The van der Waals surface area contributed by atoms with E-state index in [-0.39, 0.29) is 0 Å². The Morgan fingerprint density at radius 1 is 1.35 bits per heavy atom. The highest BCUT2D eigenvalue weighted by molar-refractivity contribution is 7.80. The predicted molar refractivity (Wildman–Crippen MR) is 87.3 cm³/mol. The van der Waals surface area contributed by atoms with E-state index in [1.807, 2.05) is 24.3 Å². The van der Waals surface area contributed by atoms with E-state index >= 15 is 0 Å². The van der Waals surface area contributed by atoms with Crippen LogP contribution in [0.5, 0.6) is 5.75 Å². The van der Waals surface area contributed by atoms with Crippen molar-refractivity contribution in [2.24, 2.45) is 5.73 Å². The summed E-state index contributed by atoms with van der Waals surface area (Å²) in [6.45, 7) is 6.29. The number of thiocarbonyl (C=S) groups is 1. The standard InChI is InChI=1S/C16H24N2OS/c1-12-5-3-6-13(2)18(12)9-10-19-15-8-4-7-14(11-15)16(17)20/h4,7-8,11-13H,3,5-6,9-10H2,1-2H3,(H2,17,20). The number of rotatable bonds is 5. The second kappa shape index (κ2) is 7.04. The maximum absolute atomic E-state index is 5.84. The first-order valence-corrected chi connectivity index (χ1v) is 7.77. The lowest BCUT2D eigenvalue weighted by Gasteiger charge is -2.38. The van der Waals surface area contributed by atoms with Gasteiger partial charge in [0, 0.05) is 24.2 Å². The summed E-state index contributed by atoms with van der Waals surface area (Å²) in [5, 5.41) is 0. The fraction of sp³-hybridized carbons (Fsp3) is 0.562. The van der Waals surface area contributed by atoms with Crippen molar-refractivity contribution < 1.29 is 4.74 Å². The number of benzene rings is 1.